The lowest BCUT2D eigenvalue weighted by Crippen LogP contribution is -2.35. The number of nitrogens with zero attached hydrogens (tertiary/aromatic N) is 2. The summed E-state index contributed by atoms with van der Waals surface area (Å²) in [6.45, 7) is 4.27. The van der Waals surface area contributed by atoms with Crippen molar-refractivity contribution in [2.75, 3.05) is 0 Å². The molecule has 2 aromatic rings. The molecule has 0 aliphatic carbocycles. The number of hydrogen-bond acceptors (Lipinski definition) is 2. The normalized spacial score (nSPS) is 22.8. The van der Waals surface area contributed by atoms with E-state index in [-0.39, 0.29) is 6.04 Å². The highest BCUT2D eigenvalue weighted by molar-refractivity contribution is 5.59. The molecule has 1 aliphatic heterocycles. The van der Waals surface area contributed by atoms with Crippen molar-refractivity contribution < 1.29 is 0 Å². The third-order valence-corrected chi connectivity index (χ3v) is 3.92. The van der Waals surface area contributed by atoms with Crippen LogP contribution in [0.5, 0.6) is 0 Å². The van der Waals surface area contributed by atoms with Gasteiger partial charge in [0.1, 0.15) is 5.82 Å². The van der Waals surface area contributed by atoms with Gasteiger partial charge in [0.25, 0.3) is 0 Å². The summed E-state index contributed by atoms with van der Waals surface area (Å²) < 4.78 is 2.24. The maximum absolute atomic E-state index is 6.11. The maximum atomic E-state index is 6.11. The van der Waals surface area contributed by atoms with E-state index >= 15 is 0 Å². The van der Waals surface area contributed by atoms with Crippen molar-refractivity contribution in [3.63, 3.8) is 0 Å². The van der Waals surface area contributed by atoms with E-state index in [9.17, 15) is 0 Å². The Hall–Kier alpha value is -1.61. The van der Waals surface area contributed by atoms with Gasteiger partial charge in [0, 0.05) is 30.3 Å². The van der Waals surface area contributed by atoms with E-state index in [4.69, 9.17) is 10.7 Å². The summed E-state index contributed by atoms with van der Waals surface area (Å²) in [6.07, 6.45) is 4.16. The third-order valence-electron chi connectivity index (χ3n) is 3.92. The second kappa shape index (κ2) is 4.25. The van der Waals surface area contributed by atoms with E-state index in [1.165, 1.54) is 17.0 Å². The quantitative estimate of drug-likeness (QED) is 0.834. The van der Waals surface area contributed by atoms with E-state index in [1.54, 1.807) is 0 Å². The van der Waals surface area contributed by atoms with Crippen LogP contribution in [0.3, 0.4) is 0 Å². The minimum atomic E-state index is 0.248. The Bertz CT molecular complexity index is 554. The molecule has 0 spiro atoms. The Labute approximate surface area is 108 Å². The maximum Gasteiger partial charge on any atom is 0.109 e. The Kier molecular flexibility index (Phi) is 2.71. The van der Waals surface area contributed by atoms with Gasteiger partial charge in [-0.05, 0) is 20.3 Å². The van der Waals surface area contributed by atoms with Crippen LogP contribution in [0.2, 0.25) is 0 Å². The van der Waals surface area contributed by atoms with Crippen molar-refractivity contribution >= 4 is 0 Å². The molecule has 3 nitrogen and oxygen atoms in total. The minimum Gasteiger partial charge on any atom is -0.330 e. The second-order valence-corrected chi connectivity index (χ2v) is 5.26. The number of benzene rings is 1. The predicted molar refractivity (Wildman–Crippen MR) is 73.4 cm³/mol. The minimum absolute atomic E-state index is 0.248. The zero-order valence-corrected chi connectivity index (χ0v) is 10.9. The molecule has 18 heavy (non-hydrogen) atoms. The van der Waals surface area contributed by atoms with Crippen molar-refractivity contribution in [1.82, 2.24) is 9.55 Å². The first-order valence-electron chi connectivity index (χ1n) is 6.55. The molecule has 0 saturated carbocycles. The Morgan fingerprint density at radius 2 is 2.00 bits per heavy atom. The van der Waals surface area contributed by atoms with Gasteiger partial charge < -0.3 is 10.3 Å². The first-order chi connectivity index (χ1) is 8.65. The van der Waals surface area contributed by atoms with Crippen LogP contribution in [0.25, 0.3) is 11.3 Å². The molecular weight excluding hydrogens is 222 g/mol. The van der Waals surface area contributed by atoms with E-state index in [2.05, 4.69) is 48.9 Å². The van der Waals surface area contributed by atoms with E-state index < -0.39 is 0 Å². The summed E-state index contributed by atoms with van der Waals surface area (Å²) in [5.41, 5.74) is 9.63. The molecule has 3 heteroatoms. The number of imidazole rings is 1. The highest BCUT2D eigenvalue weighted by Crippen LogP contribution is 2.27. The van der Waals surface area contributed by atoms with Gasteiger partial charge in [0.05, 0.1) is 5.69 Å². The topological polar surface area (TPSA) is 43.8 Å². The first-order valence-corrected chi connectivity index (χ1v) is 6.55. The summed E-state index contributed by atoms with van der Waals surface area (Å²) in [4.78, 5) is 4.74. The predicted octanol–water partition coefficient (Wildman–Crippen LogP) is 2.69. The number of aryl methyl sites for hydroxylation is 2. The SMILES string of the molecule is Cc1ccc(-c2cn3c(n2)CCC(N)C3C)cc1. The van der Waals surface area contributed by atoms with Crippen LogP contribution in [0.1, 0.15) is 30.8 Å². The zero-order chi connectivity index (χ0) is 12.7. The molecule has 2 unspecified atom stereocenters. The molecule has 1 aliphatic rings. The molecule has 94 valence electrons. The van der Waals surface area contributed by atoms with Gasteiger partial charge in [-0.3, -0.25) is 0 Å². The number of aromatic nitrogens is 2. The summed E-state index contributed by atoms with van der Waals surface area (Å²) >= 11 is 0. The number of hydrogen-bond donors (Lipinski definition) is 1. The molecule has 1 aromatic heterocycles. The fourth-order valence-corrected chi connectivity index (χ4v) is 2.58. The molecule has 0 amide bonds. The van der Waals surface area contributed by atoms with Gasteiger partial charge in [-0.1, -0.05) is 29.8 Å². The lowest BCUT2D eigenvalue weighted by Gasteiger charge is -2.27. The van der Waals surface area contributed by atoms with Crippen LogP contribution in [0, 0.1) is 6.92 Å². The first kappa shape index (κ1) is 11.5. The lowest BCUT2D eigenvalue weighted by molar-refractivity contribution is 0.368. The fraction of sp³-hybridized carbons (Fsp3) is 0.400. The summed E-state index contributed by atoms with van der Waals surface area (Å²) in [6, 6.07) is 9.12. The summed E-state index contributed by atoms with van der Waals surface area (Å²) in [5.74, 6) is 1.17. The molecule has 0 bridgehead atoms. The van der Waals surface area contributed by atoms with E-state index in [0.29, 0.717) is 6.04 Å². The average Bonchev–Trinajstić information content (AvgIpc) is 2.80. The van der Waals surface area contributed by atoms with Crippen molar-refractivity contribution in [1.29, 1.82) is 0 Å². The third kappa shape index (κ3) is 1.85. The van der Waals surface area contributed by atoms with Gasteiger partial charge in [0.2, 0.25) is 0 Å². The van der Waals surface area contributed by atoms with Crippen LogP contribution in [-0.4, -0.2) is 15.6 Å². The van der Waals surface area contributed by atoms with Gasteiger partial charge >= 0.3 is 0 Å². The van der Waals surface area contributed by atoms with Crippen molar-refractivity contribution in [3.8, 4) is 11.3 Å². The van der Waals surface area contributed by atoms with Crippen LogP contribution in [-0.2, 0) is 6.42 Å². The lowest BCUT2D eigenvalue weighted by atomic mass is 10.0. The van der Waals surface area contributed by atoms with Crippen LogP contribution < -0.4 is 5.73 Å². The van der Waals surface area contributed by atoms with Crippen LogP contribution in [0.15, 0.2) is 30.5 Å². The molecule has 1 aromatic carbocycles. The van der Waals surface area contributed by atoms with Crippen LogP contribution >= 0.6 is 0 Å². The van der Waals surface area contributed by atoms with Crippen LogP contribution in [0.4, 0.5) is 0 Å². The number of nitrogens with two attached hydrogens (primary N) is 1. The van der Waals surface area contributed by atoms with E-state index in [0.717, 1.165) is 18.5 Å². The van der Waals surface area contributed by atoms with Crippen molar-refractivity contribution in [2.45, 2.75) is 38.8 Å². The second-order valence-electron chi connectivity index (χ2n) is 5.26. The average molecular weight is 241 g/mol. The number of fused-ring (bicyclic) bond motifs is 1. The van der Waals surface area contributed by atoms with Crippen molar-refractivity contribution in [3.05, 3.63) is 41.9 Å². The largest absolute Gasteiger partial charge is 0.330 e. The number of rotatable bonds is 1. The highest BCUT2D eigenvalue weighted by atomic mass is 15.1. The Morgan fingerprint density at radius 1 is 1.28 bits per heavy atom. The van der Waals surface area contributed by atoms with Gasteiger partial charge in [0.15, 0.2) is 0 Å². The smallest absolute Gasteiger partial charge is 0.109 e. The molecular formula is C15H19N3. The standard InChI is InChI=1S/C15H19N3/c1-10-3-5-12(6-4-10)14-9-18-11(2)13(16)7-8-15(18)17-14/h3-6,9,11,13H,7-8,16H2,1-2H3. The molecule has 2 heterocycles. The molecule has 2 N–H and O–H groups in total. The van der Waals surface area contributed by atoms with E-state index in [1.807, 2.05) is 0 Å². The van der Waals surface area contributed by atoms with Gasteiger partial charge in [-0.2, -0.15) is 0 Å². The Morgan fingerprint density at radius 3 is 2.72 bits per heavy atom. The monoisotopic (exact) mass is 241 g/mol. The van der Waals surface area contributed by atoms with Crippen molar-refractivity contribution in [2.24, 2.45) is 5.73 Å². The molecule has 0 saturated heterocycles. The fourth-order valence-electron chi connectivity index (χ4n) is 2.58. The summed E-state index contributed by atoms with van der Waals surface area (Å²) in [5, 5.41) is 0. The molecule has 2 atom stereocenters. The molecule has 0 radical (unpaired) electrons. The molecule has 0 fully saturated rings. The summed E-state index contributed by atoms with van der Waals surface area (Å²) in [7, 11) is 0. The molecule has 3 rings (SSSR count). The zero-order valence-electron chi connectivity index (χ0n) is 10.9. The van der Waals surface area contributed by atoms with Gasteiger partial charge in [-0.25, -0.2) is 4.98 Å². The Balaban J connectivity index is 2.00. The van der Waals surface area contributed by atoms with Gasteiger partial charge in [-0.15, -0.1) is 0 Å². The highest BCUT2D eigenvalue weighted by Gasteiger charge is 2.24.